The molecule has 0 aliphatic rings. The second kappa shape index (κ2) is 5.49. The topological polar surface area (TPSA) is 87.0 Å². The van der Waals surface area contributed by atoms with Crippen LogP contribution in [0.4, 0.5) is 0 Å². The summed E-state index contributed by atoms with van der Waals surface area (Å²) in [5, 5.41) is 2.26. The Morgan fingerprint density at radius 1 is 1.47 bits per heavy atom. The fourth-order valence-electron chi connectivity index (χ4n) is 1.08. The molecule has 0 radical (unpaired) electrons. The summed E-state index contributed by atoms with van der Waals surface area (Å²) >= 11 is 5.96. The molecule has 0 saturated heterocycles. The van der Waals surface area contributed by atoms with Crippen LogP contribution in [0.1, 0.15) is 25.3 Å². The summed E-state index contributed by atoms with van der Waals surface area (Å²) < 4.78 is 15.9. The zero-order valence-corrected chi connectivity index (χ0v) is 12.7. The maximum absolute atomic E-state index is 10.8. The van der Waals surface area contributed by atoms with Gasteiger partial charge in [-0.15, -0.1) is 11.3 Å². The van der Waals surface area contributed by atoms with Gasteiger partial charge in [0.2, 0.25) is 6.49 Å². The third-order valence-corrected chi connectivity index (χ3v) is 7.45. The summed E-state index contributed by atoms with van der Waals surface area (Å²) in [6.45, 7) is 0.549. The number of thiophene rings is 1. The van der Waals surface area contributed by atoms with E-state index >= 15 is 0 Å². The molecular formula is C8H14O5P2S2. The van der Waals surface area contributed by atoms with Crippen molar-refractivity contribution in [2.45, 2.75) is 19.8 Å². The molecule has 17 heavy (non-hydrogen) atoms. The molecule has 0 fully saturated rings. The Morgan fingerprint density at radius 2 is 2.06 bits per heavy atom. The van der Waals surface area contributed by atoms with Crippen LogP contribution in [0.15, 0.2) is 11.4 Å². The van der Waals surface area contributed by atoms with E-state index in [9.17, 15) is 9.46 Å². The van der Waals surface area contributed by atoms with Gasteiger partial charge >= 0.3 is 7.60 Å². The van der Waals surface area contributed by atoms with Gasteiger partial charge in [0.25, 0.3) is 0 Å². The van der Waals surface area contributed by atoms with E-state index in [0.717, 1.165) is 5.56 Å². The van der Waals surface area contributed by atoms with Gasteiger partial charge in [-0.3, -0.25) is 4.57 Å². The molecule has 3 N–H and O–H groups in total. The first-order valence-electron chi connectivity index (χ1n) is 4.73. The quantitative estimate of drug-likeness (QED) is 0.724. The molecule has 0 spiro atoms. The van der Waals surface area contributed by atoms with Gasteiger partial charge in [0, 0.05) is 0 Å². The smallest absolute Gasteiger partial charge is 0.336 e. The van der Waals surface area contributed by atoms with Gasteiger partial charge in [0.1, 0.15) is 5.90 Å². The van der Waals surface area contributed by atoms with Crippen molar-refractivity contribution in [2.75, 3.05) is 5.90 Å². The SMILES string of the molecule is CC(C)c1csc(OP(O)(=S)CP(=O)(O)O)c1. The average molecular weight is 316 g/mol. The van der Waals surface area contributed by atoms with Crippen molar-refractivity contribution in [3.05, 3.63) is 17.0 Å². The summed E-state index contributed by atoms with van der Waals surface area (Å²) in [7, 11) is -4.36. The lowest BCUT2D eigenvalue weighted by Crippen LogP contribution is -1.96. The lowest BCUT2D eigenvalue weighted by atomic mass is 10.1. The third kappa shape index (κ3) is 5.62. The van der Waals surface area contributed by atoms with Gasteiger partial charge in [-0.2, -0.15) is 0 Å². The van der Waals surface area contributed by atoms with Crippen molar-refractivity contribution in [1.29, 1.82) is 0 Å². The van der Waals surface area contributed by atoms with E-state index in [1.54, 1.807) is 6.07 Å². The summed E-state index contributed by atoms with van der Waals surface area (Å²) in [5.41, 5.74) is 1.04. The molecule has 1 atom stereocenters. The maximum Gasteiger partial charge on any atom is 0.336 e. The highest BCUT2D eigenvalue weighted by atomic mass is 32.5. The summed E-state index contributed by atoms with van der Waals surface area (Å²) in [5.74, 6) is -0.480. The molecule has 1 rings (SSSR count). The normalized spacial score (nSPS) is 15.9. The first-order valence-corrected chi connectivity index (χ1v) is 10.3. The highest BCUT2D eigenvalue weighted by Gasteiger charge is 2.28. The highest BCUT2D eigenvalue weighted by Crippen LogP contribution is 2.56. The Labute approximate surface area is 109 Å². The first kappa shape index (κ1) is 15.3. The standard InChI is InChI=1S/C8H14O5P2S2/c1-6(2)7-3-8(17-4-7)13-15(12,16)5-14(9,10)11/h3-4,6H,5H2,1-2H3,(H,12,16)(H2,9,10,11). The van der Waals surface area contributed by atoms with Crippen LogP contribution in [-0.2, 0) is 16.4 Å². The third-order valence-electron chi connectivity index (χ3n) is 1.86. The summed E-state index contributed by atoms with van der Waals surface area (Å²) in [6.07, 6.45) is 0. The number of hydrogen-bond acceptors (Lipinski definition) is 4. The van der Waals surface area contributed by atoms with Crippen LogP contribution in [0.3, 0.4) is 0 Å². The zero-order chi connectivity index (χ0) is 13.3. The molecule has 0 bridgehead atoms. The average Bonchev–Trinajstić information content (AvgIpc) is 2.46. The van der Waals surface area contributed by atoms with Crippen LogP contribution >= 0.6 is 25.4 Å². The van der Waals surface area contributed by atoms with Crippen molar-refractivity contribution >= 4 is 37.2 Å². The molecule has 0 aliphatic heterocycles. The predicted molar refractivity (Wildman–Crippen MR) is 72.5 cm³/mol. The second-order valence-corrected chi connectivity index (χ2v) is 10.4. The molecular weight excluding hydrogens is 302 g/mol. The zero-order valence-electron chi connectivity index (χ0n) is 9.31. The van der Waals surface area contributed by atoms with E-state index in [-0.39, 0.29) is 0 Å². The molecule has 1 unspecified atom stereocenters. The van der Waals surface area contributed by atoms with Crippen molar-refractivity contribution in [3.8, 4) is 5.06 Å². The molecule has 9 heteroatoms. The Bertz CT molecular complexity index is 478. The Kier molecular flexibility index (Phi) is 4.95. The Balaban J connectivity index is 2.76. The molecule has 0 amide bonds. The predicted octanol–water partition coefficient (Wildman–Crippen LogP) is 2.69. The van der Waals surface area contributed by atoms with Crippen molar-refractivity contribution in [1.82, 2.24) is 0 Å². The molecule has 0 saturated carbocycles. The minimum atomic E-state index is -4.36. The second-order valence-electron chi connectivity index (χ2n) is 3.89. The Morgan fingerprint density at radius 3 is 2.47 bits per heavy atom. The van der Waals surface area contributed by atoms with E-state index in [1.165, 1.54) is 11.3 Å². The minimum absolute atomic E-state index is 0.321. The van der Waals surface area contributed by atoms with Gasteiger partial charge in [0.15, 0.2) is 5.06 Å². The van der Waals surface area contributed by atoms with Gasteiger partial charge in [0.05, 0.1) is 0 Å². The minimum Gasteiger partial charge on any atom is -0.433 e. The van der Waals surface area contributed by atoms with Gasteiger partial charge in [-0.1, -0.05) is 13.8 Å². The number of hydrogen-bond donors (Lipinski definition) is 3. The molecule has 0 aliphatic carbocycles. The molecule has 0 aromatic carbocycles. The largest absolute Gasteiger partial charge is 0.433 e. The van der Waals surface area contributed by atoms with Gasteiger partial charge in [-0.25, -0.2) is 0 Å². The monoisotopic (exact) mass is 316 g/mol. The molecule has 1 aromatic rings. The van der Waals surface area contributed by atoms with Crippen LogP contribution in [0.5, 0.6) is 5.06 Å². The molecule has 5 nitrogen and oxygen atoms in total. The van der Waals surface area contributed by atoms with E-state index in [2.05, 4.69) is 0 Å². The molecule has 98 valence electrons. The lowest BCUT2D eigenvalue weighted by molar-refractivity contribution is 0.376. The Hall–Kier alpha value is 0.260. The molecule has 1 heterocycles. The van der Waals surface area contributed by atoms with Crippen LogP contribution in [-0.4, -0.2) is 20.6 Å². The van der Waals surface area contributed by atoms with Crippen LogP contribution in [0.25, 0.3) is 0 Å². The van der Waals surface area contributed by atoms with E-state index < -0.39 is 20.0 Å². The molecule has 1 aromatic heterocycles. The van der Waals surface area contributed by atoms with Crippen LogP contribution < -0.4 is 4.52 Å². The van der Waals surface area contributed by atoms with Crippen LogP contribution in [0, 0.1) is 0 Å². The summed E-state index contributed by atoms with van der Waals surface area (Å²) in [4.78, 5) is 27.2. The van der Waals surface area contributed by atoms with Gasteiger partial charge < -0.3 is 19.2 Å². The van der Waals surface area contributed by atoms with Crippen molar-refractivity contribution < 1.29 is 23.8 Å². The first-order chi connectivity index (χ1) is 7.59. The van der Waals surface area contributed by atoms with E-state index in [4.69, 9.17) is 26.1 Å². The van der Waals surface area contributed by atoms with E-state index in [1.807, 2.05) is 19.2 Å². The van der Waals surface area contributed by atoms with E-state index in [0.29, 0.717) is 11.0 Å². The van der Waals surface area contributed by atoms with Gasteiger partial charge in [-0.05, 0) is 34.7 Å². The number of rotatable bonds is 5. The maximum atomic E-state index is 10.8. The fraction of sp³-hybridized carbons (Fsp3) is 0.500. The van der Waals surface area contributed by atoms with Crippen molar-refractivity contribution in [2.24, 2.45) is 0 Å². The van der Waals surface area contributed by atoms with Crippen LogP contribution in [0.2, 0.25) is 0 Å². The highest BCUT2D eigenvalue weighted by molar-refractivity contribution is 8.12. The fourth-order valence-corrected chi connectivity index (χ4v) is 6.59. The van der Waals surface area contributed by atoms with Crippen molar-refractivity contribution in [3.63, 3.8) is 0 Å². The summed E-state index contributed by atoms with van der Waals surface area (Å²) in [6, 6.07) is 1.73. The lowest BCUT2D eigenvalue weighted by Gasteiger charge is -2.15.